The number of methoxy groups -OCH3 is 2. The number of hydrogen-bond donors (Lipinski definition) is 1. The van der Waals surface area contributed by atoms with E-state index in [1.54, 1.807) is 37.4 Å². The van der Waals surface area contributed by atoms with Gasteiger partial charge in [-0.25, -0.2) is 4.98 Å². The number of ether oxygens (including phenoxy) is 2. The third kappa shape index (κ3) is 4.66. The van der Waals surface area contributed by atoms with Gasteiger partial charge < -0.3 is 19.7 Å². The molecular weight excluding hydrogens is 366 g/mol. The summed E-state index contributed by atoms with van der Waals surface area (Å²) in [6.45, 7) is 4.54. The lowest BCUT2D eigenvalue weighted by Crippen LogP contribution is -2.30. The first-order valence-electron chi connectivity index (χ1n) is 9.39. The summed E-state index contributed by atoms with van der Waals surface area (Å²) in [7, 11) is 3.20. The average molecular weight is 391 g/mol. The van der Waals surface area contributed by atoms with Crippen LogP contribution in [0, 0.1) is 6.92 Å². The summed E-state index contributed by atoms with van der Waals surface area (Å²) in [6, 6.07) is 16.8. The number of anilines is 3. The Kier molecular flexibility index (Phi) is 6.34. The van der Waals surface area contributed by atoms with Crippen LogP contribution < -0.4 is 19.7 Å². The molecule has 6 nitrogen and oxygen atoms in total. The minimum absolute atomic E-state index is 0.0823. The molecule has 0 atom stereocenters. The monoisotopic (exact) mass is 391 g/mol. The van der Waals surface area contributed by atoms with E-state index in [0.29, 0.717) is 35.1 Å². The third-order valence-electron chi connectivity index (χ3n) is 4.55. The zero-order valence-corrected chi connectivity index (χ0v) is 17.1. The van der Waals surface area contributed by atoms with E-state index in [0.717, 1.165) is 11.3 Å². The second kappa shape index (κ2) is 9.10. The first-order valence-corrected chi connectivity index (χ1v) is 9.39. The Labute approximate surface area is 171 Å². The number of nitrogens with zero attached hydrogens (tertiary/aromatic N) is 2. The fourth-order valence-electron chi connectivity index (χ4n) is 3.08. The maximum Gasteiger partial charge on any atom is 0.258 e. The molecule has 2 aromatic carbocycles. The first kappa shape index (κ1) is 20.2. The average Bonchev–Trinajstić information content (AvgIpc) is 2.74. The molecule has 1 heterocycles. The molecule has 150 valence electrons. The maximum atomic E-state index is 13.1. The van der Waals surface area contributed by atoms with Gasteiger partial charge in [0.15, 0.2) is 0 Å². The Morgan fingerprint density at radius 1 is 1.07 bits per heavy atom. The van der Waals surface area contributed by atoms with Crippen LogP contribution in [-0.2, 0) is 0 Å². The van der Waals surface area contributed by atoms with Gasteiger partial charge in [-0.15, -0.1) is 0 Å². The van der Waals surface area contributed by atoms with Crippen molar-refractivity contribution in [3.05, 3.63) is 71.9 Å². The van der Waals surface area contributed by atoms with Crippen LogP contribution in [0.2, 0.25) is 0 Å². The highest BCUT2D eigenvalue weighted by Gasteiger charge is 2.17. The second-order valence-electron chi connectivity index (χ2n) is 6.51. The lowest BCUT2D eigenvalue weighted by molar-refractivity contribution is 0.0988. The second-order valence-corrected chi connectivity index (χ2v) is 6.51. The number of carbonyl (C=O) groups excluding carboxylic acids is 1. The number of aryl methyl sites for hydroxylation is 1. The summed E-state index contributed by atoms with van der Waals surface area (Å²) in [5.74, 6) is 1.81. The van der Waals surface area contributed by atoms with E-state index >= 15 is 0 Å². The minimum Gasteiger partial charge on any atom is -0.497 e. The Morgan fingerprint density at radius 2 is 1.90 bits per heavy atom. The zero-order chi connectivity index (χ0) is 20.8. The molecule has 0 bridgehead atoms. The highest BCUT2D eigenvalue weighted by Crippen LogP contribution is 2.31. The molecule has 1 aromatic heterocycles. The van der Waals surface area contributed by atoms with Crippen LogP contribution in [0.25, 0.3) is 0 Å². The number of nitrogens with one attached hydrogen (secondary N) is 1. The molecule has 0 aliphatic rings. The largest absolute Gasteiger partial charge is 0.497 e. The van der Waals surface area contributed by atoms with Gasteiger partial charge in [0, 0.05) is 30.1 Å². The van der Waals surface area contributed by atoms with E-state index in [-0.39, 0.29) is 5.91 Å². The molecule has 1 N–H and O–H groups in total. The van der Waals surface area contributed by atoms with Crippen LogP contribution in [0.1, 0.15) is 22.8 Å². The van der Waals surface area contributed by atoms with Crippen LogP contribution in [0.4, 0.5) is 17.2 Å². The summed E-state index contributed by atoms with van der Waals surface area (Å²) in [5, 5.41) is 3.21. The van der Waals surface area contributed by atoms with E-state index in [1.807, 2.05) is 56.3 Å². The molecule has 0 spiro atoms. The van der Waals surface area contributed by atoms with Crippen molar-refractivity contribution in [2.75, 3.05) is 31.0 Å². The van der Waals surface area contributed by atoms with Crippen molar-refractivity contribution in [3.8, 4) is 11.5 Å². The van der Waals surface area contributed by atoms with E-state index in [2.05, 4.69) is 10.3 Å². The number of pyridine rings is 1. The van der Waals surface area contributed by atoms with Crippen LogP contribution in [-0.4, -0.2) is 31.7 Å². The first-order chi connectivity index (χ1) is 14.0. The molecular formula is C23H25N3O3. The van der Waals surface area contributed by atoms with Crippen LogP contribution in [0.3, 0.4) is 0 Å². The quantitative estimate of drug-likeness (QED) is 0.626. The zero-order valence-electron chi connectivity index (χ0n) is 17.1. The van der Waals surface area contributed by atoms with Gasteiger partial charge in [-0.05, 0) is 55.8 Å². The standard InChI is InChI=1S/C23H25N3O3/c1-5-26(18-8-6-7-16(2)13-18)23(27)17-11-12-24-22(14-17)25-20-15-19(28-3)9-10-21(20)29-4/h6-15H,5H2,1-4H3,(H,24,25). The predicted octanol–water partition coefficient (Wildman–Crippen LogP) is 4.82. The van der Waals surface area contributed by atoms with E-state index in [9.17, 15) is 4.79 Å². The van der Waals surface area contributed by atoms with Crippen molar-refractivity contribution in [2.24, 2.45) is 0 Å². The number of carbonyl (C=O) groups is 1. The fraction of sp³-hybridized carbons (Fsp3) is 0.217. The molecule has 29 heavy (non-hydrogen) atoms. The number of hydrogen-bond acceptors (Lipinski definition) is 5. The van der Waals surface area contributed by atoms with Crippen molar-refractivity contribution in [1.29, 1.82) is 0 Å². The van der Waals surface area contributed by atoms with Gasteiger partial charge in [0.05, 0.1) is 19.9 Å². The number of aromatic nitrogens is 1. The Balaban J connectivity index is 1.88. The summed E-state index contributed by atoms with van der Waals surface area (Å²) >= 11 is 0. The van der Waals surface area contributed by atoms with Gasteiger partial charge in [-0.3, -0.25) is 4.79 Å². The van der Waals surface area contributed by atoms with Gasteiger partial charge in [0.25, 0.3) is 5.91 Å². The van der Waals surface area contributed by atoms with Crippen molar-refractivity contribution in [3.63, 3.8) is 0 Å². The van der Waals surface area contributed by atoms with Crippen LogP contribution in [0.15, 0.2) is 60.8 Å². The third-order valence-corrected chi connectivity index (χ3v) is 4.55. The van der Waals surface area contributed by atoms with Gasteiger partial charge >= 0.3 is 0 Å². The predicted molar refractivity (Wildman–Crippen MR) is 116 cm³/mol. The Bertz CT molecular complexity index is 1000. The SMILES string of the molecule is CCN(C(=O)c1ccnc(Nc2cc(OC)ccc2OC)c1)c1cccc(C)c1. The maximum absolute atomic E-state index is 13.1. The number of benzene rings is 2. The molecule has 1 amide bonds. The number of rotatable bonds is 7. The minimum atomic E-state index is -0.0823. The lowest BCUT2D eigenvalue weighted by atomic mass is 10.1. The van der Waals surface area contributed by atoms with Crippen LogP contribution >= 0.6 is 0 Å². The highest BCUT2D eigenvalue weighted by atomic mass is 16.5. The van der Waals surface area contributed by atoms with Gasteiger partial charge in [0.1, 0.15) is 17.3 Å². The van der Waals surface area contributed by atoms with E-state index < -0.39 is 0 Å². The molecule has 0 fully saturated rings. The highest BCUT2D eigenvalue weighted by molar-refractivity contribution is 6.06. The van der Waals surface area contributed by atoms with Crippen molar-refractivity contribution >= 4 is 23.1 Å². The Morgan fingerprint density at radius 3 is 2.59 bits per heavy atom. The van der Waals surface area contributed by atoms with Crippen molar-refractivity contribution in [1.82, 2.24) is 4.98 Å². The fourth-order valence-corrected chi connectivity index (χ4v) is 3.08. The molecule has 3 aromatic rings. The Hall–Kier alpha value is -3.54. The summed E-state index contributed by atoms with van der Waals surface area (Å²) in [4.78, 5) is 19.2. The molecule has 0 aliphatic heterocycles. The van der Waals surface area contributed by atoms with Crippen molar-refractivity contribution in [2.45, 2.75) is 13.8 Å². The molecule has 0 saturated heterocycles. The summed E-state index contributed by atoms with van der Waals surface area (Å²) < 4.78 is 10.7. The number of amides is 1. The van der Waals surface area contributed by atoms with E-state index in [1.165, 1.54) is 0 Å². The van der Waals surface area contributed by atoms with Gasteiger partial charge in [-0.2, -0.15) is 0 Å². The molecule has 3 rings (SSSR count). The molecule has 0 aliphatic carbocycles. The summed E-state index contributed by atoms with van der Waals surface area (Å²) in [5.41, 5.74) is 3.23. The molecule has 6 heteroatoms. The molecule has 0 radical (unpaired) electrons. The smallest absolute Gasteiger partial charge is 0.258 e. The molecule has 0 saturated carbocycles. The van der Waals surface area contributed by atoms with Gasteiger partial charge in [-0.1, -0.05) is 12.1 Å². The van der Waals surface area contributed by atoms with Gasteiger partial charge in [0.2, 0.25) is 0 Å². The summed E-state index contributed by atoms with van der Waals surface area (Å²) in [6.07, 6.45) is 1.62. The molecule has 0 unspecified atom stereocenters. The normalized spacial score (nSPS) is 10.3. The van der Waals surface area contributed by atoms with Crippen molar-refractivity contribution < 1.29 is 14.3 Å². The van der Waals surface area contributed by atoms with E-state index in [4.69, 9.17) is 9.47 Å². The topological polar surface area (TPSA) is 63.7 Å². The lowest BCUT2D eigenvalue weighted by Gasteiger charge is -2.22. The van der Waals surface area contributed by atoms with Crippen LogP contribution in [0.5, 0.6) is 11.5 Å².